The van der Waals surface area contributed by atoms with E-state index in [1.54, 1.807) is 0 Å². The molecule has 1 fully saturated rings. The van der Waals surface area contributed by atoms with Crippen molar-refractivity contribution >= 4 is 0 Å². The molecular formula is C14H22N2. The maximum absolute atomic E-state index is 6.20. The van der Waals surface area contributed by atoms with Gasteiger partial charge in [0.15, 0.2) is 0 Å². The first-order valence-corrected chi connectivity index (χ1v) is 6.37. The van der Waals surface area contributed by atoms with Gasteiger partial charge >= 0.3 is 0 Å². The highest BCUT2D eigenvalue weighted by molar-refractivity contribution is 5.18. The van der Waals surface area contributed by atoms with Gasteiger partial charge in [0.2, 0.25) is 0 Å². The van der Waals surface area contributed by atoms with Gasteiger partial charge < -0.3 is 11.1 Å². The molecule has 1 saturated heterocycles. The number of nitrogens with one attached hydrogen (secondary N) is 1. The van der Waals surface area contributed by atoms with Gasteiger partial charge in [0.1, 0.15) is 0 Å². The van der Waals surface area contributed by atoms with Crippen LogP contribution in [-0.2, 0) is 0 Å². The Labute approximate surface area is 98.2 Å². The summed E-state index contributed by atoms with van der Waals surface area (Å²) in [4.78, 5) is 0. The number of rotatable bonds is 4. The Morgan fingerprint density at radius 3 is 2.56 bits per heavy atom. The van der Waals surface area contributed by atoms with E-state index in [-0.39, 0.29) is 6.04 Å². The van der Waals surface area contributed by atoms with E-state index in [1.165, 1.54) is 37.9 Å². The molecule has 0 unspecified atom stereocenters. The van der Waals surface area contributed by atoms with E-state index in [0.717, 1.165) is 12.3 Å². The average Bonchev–Trinajstić information content (AvgIpc) is 2.38. The molecule has 2 nitrogen and oxygen atoms in total. The molecule has 0 amide bonds. The number of benzene rings is 1. The minimum absolute atomic E-state index is 0.219. The van der Waals surface area contributed by atoms with Gasteiger partial charge in [0.25, 0.3) is 0 Å². The van der Waals surface area contributed by atoms with Gasteiger partial charge in [-0.05, 0) is 50.3 Å². The van der Waals surface area contributed by atoms with Crippen LogP contribution in [0.3, 0.4) is 0 Å². The van der Waals surface area contributed by atoms with Gasteiger partial charge in [0, 0.05) is 6.04 Å². The van der Waals surface area contributed by atoms with E-state index < -0.39 is 0 Å². The summed E-state index contributed by atoms with van der Waals surface area (Å²) >= 11 is 0. The van der Waals surface area contributed by atoms with Crippen molar-refractivity contribution in [2.24, 2.45) is 11.7 Å². The van der Waals surface area contributed by atoms with Crippen molar-refractivity contribution < 1.29 is 0 Å². The predicted octanol–water partition coefficient (Wildman–Crippen LogP) is 2.47. The second kappa shape index (κ2) is 6.02. The Morgan fingerprint density at radius 1 is 1.19 bits per heavy atom. The van der Waals surface area contributed by atoms with Crippen LogP contribution < -0.4 is 11.1 Å². The molecule has 0 spiro atoms. The summed E-state index contributed by atoms with van der Waals surface area (Å²) in [6.45, 7) is 2.37. The molecule has 1 heterocycles. The molecule has 0 radical (unpaired) electrons. The predicted molar refractivity (Wildman–Crippen MR) is 68.2 cm³/mol. The SMILES string of the molecule is N[C@H](CCC1CCNCC1)c1ccccc1. The number of nitrogens with two attached hydrogens (primary N) is 1. The van der Waals surface area contributed by atoms with Gasteiger partial charge in [-0.25, -0.2) is 0 Å². The van der Waals surface area contributed by atoms with Crippen LogP contribution in [0.25, 0.3) is 0 Å². The van der Waals surface area contributed by atoms with E-state index in [2.05, 4.69) is 29.6 Å². The smallest absolute Gasteiger partial charge is 0.0294 e. The Kier molecular flexibility index (Phi) is 4.37. The van der Waals surface area contributed by atoms with Gasteiger partial charge in [-0.1, -0.05) is 30.3 Å². The fourth-order valence-electron chi connectivity index (χ4n) is 2.45. The van der Waals surface area contributed by atoms with Crippen molar-refractivity contribution in [3.8, 4) is 0 Å². The molecule has 2 rings (SSSR count). The van der Waals surface area contributed by atoms with E-state index in [4.69, 9.17) is 5.73 Å². The summed E-state index contributed by atoms with van der Waals surface area (Å²) in [5.74, 6) is 0.885. The molecule has 1 aromatic carbocycles. The minimum Gasteiger partial charge on any atom is -0.324 e. The topological polar surface area (TPSA) is 38.0 Å². The number of hydrogen-bond acceptors (Lipinski definition) is 2. The van der Waals surface area contributed by atoms with E-state index >= 15 is 0 Å². The first-order chi connectivity index (χ1) is 7.86. The van der Waals surface area contributed by atoms with Crippen LogP contribution in [0.5, 0.6) is 0 Å². The minimum atomic E-state index is 0.219. The van der Waals surface area contributed by atoms with E-state index in [0.29, 0.717) is 0 Å². The van der Waals surface area contributed by atoms with E-state index in [1.807, 2.05) is 6.07 Å². The first-order valence-electron chi connectivity index (χ1n) is 6.37. The maximum Gasteiger partial charge on any atom is 0.0294 e. The summed E-state index contributed by atoms with van der Waals surface area (Å²) in [5, 5.41) is 3.40. The normalized spacial score (nSPS) is 19.6. The lowest BCUT2D eigenvalue weighted by molar-refractivity contribution is 0.337. The molecule has 0 saturated carbocycles. The van der Waals surface area contributed by atoms with Crippen LogP contribution in [0.2, 0.25) is 0 Å². The lowest BCUT2D eigenvalue weighted by atomic mass is 9.90. The molecule has 16 heavy (non-hydrogen) atoms. The molecular weight excluding hydrogens is 196 g/mol. The molecule has 1 aliphatic rings. The molecule has 2 heteroatoms. The first kappa shape index (κ1) is 11.6. The number of hydrogen-bond donors (Lipinski definition) is 2. The highest BCUT2D eigenvalue weighted by Crippen LogP contribution is 2.23. The van der Waals surface area contributed by atoms with Gasteiger partial charge in [-0.3, -0.25) is 0 Å². The van der Waals surface area contributed by atoms with Crippen LogP contribution in [0.4, 0.5) is 0 Å². The van der Waals surface area contributed by atoms with Crippen molar-refractivity contribution in [1.29, 1.82) is 0 Å². The molecule has 3 N–H and O–H groups in total. The van der Waals surface area contributed by atoms with Crippen molar-refractivity contribution in [1.82, 2.24) is 5.32 Å². The zero-order valence-electron chi connectivity index (χ0n) is 9.86. The zero-order valence-corrected chi connectivity index (χ0v) is 9.86. The second-order valence-electron chi connectivity index (χ2n) is 4.79. The maximum atomic E-state index is 6.20. The lowest BCUT2D eigenvalue weighted by Crippen LogP contribution is -2.28. The molecule has 0 bridgehead atoms. The largest absolute Gasteiger partial charge is 0.324 e. The monoisotopic (exact) mass is 218 g/mol. The highest BCUT2D eigenvalue weighted by atomic mass is 14.9. The third-order valence-electron chi connectivity index (χ3n) is 3.57. The van der Waals surface area contributed by atoms with Crippen molar-refractivity contribution in [2.45, 2.75) is 31.7 Å². The Balaban J connectivity index is 1.77. The van der Waals surface area contributed by atoms with Gasteiger partial charge in [-0.15, -0.1) is 0 Å². The van der Waals surface area contributed by atoms with Crippen LogP contribution in [-0.4, -0.2) is 13.1 Å². The molecule has 88 valence electrons. The fraction of sp³-hybridized carbons (Fsp3) is 0.571. The molecule has 1 atom stereocenters. The Hall–Kier alpha value is -0.860. The Bertz CT molecular complexity index is 291. The van der Waals surface area contributed by atoms with Crippen LogP contribution in [0, 0.1) is 5.92 Å². The van der Waals surface area contributed by atoms with Gasteiger partial charge in [-0.2, -0.15) is 0 Å². The third kappa shape index (κ3) is 3.32. The highest BCUT2D eigenvalue weighted by Gasteiger charge is 2.14. The zero-order chi connectivity index (χ0) is 11.2. The van der Waals surface area contributed by atoms with Crippen LogP contribution in [0.15, 0.2) is 30.3 Å². The molecule has 1 aromatic rings. The van der Waals surface area contributed by atoms with Crippen LogP contribution >= 0.6 is 0 Å². The van der Waals surface area contributed by atoms with Crippen molar-refractivity contribution in [2.75, 3.05) is 13.1 Å². The summed E-state index contributed by atoms with van der Waals surface area (Å²) in [6.07, 6.45) is 5.04. The average molecular weight is 218 g/mol. The van der Waals surface area contributed by atoms with E-state index in [9.17, 15) is 0 Å². The second-order valence-corrected chi connectivity index (χ2v) is 4.79. The standard InChI is InChI=1S/C14H22N2/c15-14(13-4-2-1-3-5-13)7-6-12-8-10-16-11-9-12/h1-5,12,14,16H,6-11,15H2/t14-/m1/s1. The molecule has 1 aliphatic heterocycles. The molecule has 0 aromatic heterocycles. The van der Waals surface area contributed by atoms with Crippen molar-refractivity contribution in [3.05, 3.63) is 35.9 Å². The lowest BCUT2D eigenvalue weighted by Gasteiger charge is -2.23. The third-order valence-corrected chi connectivity index (χ3v) is 3.57. The summed E-state index contributed by atoms with van der Waals surface area (Å²) in [6, 6.07) is 10.7. The summed E-state index contributed by atoms with van der Waals surface area (Å²) in [7, 11) is 0. The molecule has 0 aliphatic carbocycles. The summed E-state index contributed by atoms with van der Waals surface area (Å²) in [5.41, 5.74) is 7.47. The van der Waals surface area contributed by atoms with Crippen molar-refractivity contribution in [3.63, 3.8) is 0 Å². The Morgan fingerprint density at radius 2 is 1.88 bits per heavy atom. The number of piperidine rings is 1. The van der Waals surface area contributed by atoms with Gasteiger partial charge in [0.05, 0.1) is 0 Å². The summed E-state index contributed by atoms with van der Waals surface area (Å²) < 4.78 is 0. The quantitative estimate of drug-likeness (QED) is 0.814. The fourth-order valence-corrected chi connectivity index (χ4v) is 2.45. The van der Waals surface area contributed by atoms with Crippen LogP contribution in [0.1, 0.15) is 37.3 Å².